The van der Waals surface area contributed by atoms with E-state index in [2.05, 4.69) is 5.32 Å². The Morgan fingerprint density at radius 3 is 2.50 bits per heavy atom. The summed E-state index contributed by atoms with van der Waals surface area (Å²) in [5, 5.41) is 3.45. The lowest BCUT2D eigenvalue weighted by atomic mass is 9.90. The molecular formula is C18H31NO3. The molecule has 0 unspecified atom stereocenters. The van der Waals surface area contributed by atoms with Crippen LogP contribution < -0.4 is 5.32 Å². The van der Waals surface area contributed by atoms with Crippen molar-refractivity contribution in [2.45, 2.75) is 70.8 Å². The van der Waals surface area contributed by atoms with Crippen molar-refractivity contribution in [3.63, 3.8) is 0 Å². The second-order valence-corrected chi connectivity index (χ2v) is 6.39. The zero-order valence-electron chi connectivity index (χ0n) is 14.2. The minimum Gasteiger partial charge on any atom is -0.463 e. The summed E-state index contributed by atoms with van der Waals surface area (Å²) in [6, 6.07) is 0. The van der Waals surface area contributed by atoms with E-state index >= 15 is 0 Å². The summed E-state index contributed by atoms with van der Waals surface area (Å²) in [6.07, 6.45) is 10.8. The SMILES string of the molecule is CCOC(=O)/C1=C2\NC[C@H](OC)[C@H]2CCCCCCCCC1. The third-order valence-electron chi connectivity index (χ3n) is 4.90. The molecule has 0 aromatic rings. The molecule has 0 spiro atoms. The molecule has 1 heterocycles. The number of rotatable bonds is 3. The van der Waals surface area contributed by atoms with E-state index in [-0.39, 0.29) is 12.1 Å². The second-order valence-electron chi connectivity index (χ2n) is 6.39. The molecule has 1 N–H and O–H groups in total. The summed E-state index contributed by atoms with van der Waals surface area (Å²) in [5.74, 6) is 0.188. The Bertz CT molecular complexity index is 392. The normalized spacial score (nSPS) is 30.6. The lowest BCUT2D eigenvalue weighted by Crippen LogP contribution is -2.22. The maximum atomic E-state index is 12.4. The largest absolute Gasteiger partial charge is 0.463 e. The molecule has 22 heavy (non-hydrogen) atoms. The van der Waals surface area contributed by atoms with Gasteiger partial charge in [0.15, 0.2) is 0 Å². The maximum Gasteiger partial charge on any atom is 0.335 e. The monoisotopic (exact) mass is 309 g/mol. The van der Waals surface area contributed by atoms with Crippen molar-refractivity contribution in [3.8, 4) is 0 Å². The predicted octanol–water partition coefficient (Wildman–Crippen LogP) is 3.56. The quantitative estimate of drug-likeness (QED) is 0.810. The number of hydrogen-bond acceptors (Lipinski definition) is 4. The van der Waals surface area contributed by atoms with Crippen LogP contribution in [0.3, 0.4) is 0 Å². The Labute approximate surface area is 134 Å². The van der Waals surface area contributed by atoms with Gasteiger partial charge in [0, 0.05) is 25.3 Å². The molecule has 126 valence electrons. The highest BCUT2D eigenvalue weighted by Crippen LogP contribution is 2.32. The molecule has 1 aliphatic carbocycles. The molecule has 0 aromatic carbocycles. The van der Waals surface area contributed by atoms with Gasteiger partial charge in [-0.1, -0.05) is 38.5 Å². The number of hydrogen-bond donors (Lipinski definition) is 1. The number of ether oxygens (including phenoxy) is 2. The van der Waals surface area contributed by atoms with Gasteiger partial charge in [0.05, 0.1) is 18.3 Å². The van der Waals surface area contributed by atoms with E-state index in [0.29, 0.717) is 12.5 Å². The van der Waals surface area contributed by atoms with Gasteiger partial charge in [0.2, 0.25) is 0 Å². The summed E-state index contributed by atoms with van der Waals surface area (Å²) in [7, 11) is 1.77. The van der Waals surface area contributed by atoms with Crippen molar-refractivity contribution in [2.75, 3.05) is 20.3 Å². The van der Waals surface area contributed by atoms with E-state index in [4.69, 9.17) is 9.47 Å². The van der Waals surface area contributed by atoms with Gasteiger partial charge in [0.1, 0.15) is 0 Å². The molecule has 0 saturated carbocycles. The van der Waals surface area contributed by atoms with Gasteiger partial charge < -0.3 is 14.8 Å². The number of fused-ring (bicyclic) bond motifs is 1. The number of esters is 1. The highest BCUT2D eigenvalue weighted by Gasteiger charge is 2.34. The zero-order valence-corrected chi connectivity index (χ0v) is 14.2. The van der Waals surface area contributed by atoms with Gasteiger partial charge in [-0.25, -0.2) is 4.79 Å². The molecule has 4 heteroatoms. The van der Waals surface area contributed by atoms with Crippen LogP contribution in [0.5, 0.6) is 0 Å². The van der Waals surface area contributed by atoms with Crippen molar-refractivity contribution in [1.82, 2.24) is 5.32 Å². The lowest BCUT2D eigenvalue weighted by Gasteiger charge is -2.21. The molecule has 1 saturated heterocycles. The molecule has 2 aliphatic rings. The first-order valence-corrected chi connectivity index (χ1v) is 8.94. The van der Waals surface area contributed by atoms with Crippen LogP contribution in [-0.4, -0.2) is 32.3 Å². The number of carbonyl (C=O) groups is 1. The first kappa shape index (κ1) is 17.3. The predicted molar refractivity (Wildman–Crippen MR) is 87.5 cm³/mol. The Morgan fingerprint density at radius 1 is 1.14 bits per heavy atom. The van der Waals surface area contributed by atoms with Crippen LogP contribution in [0, 0.1) is 5.92 Å². The van der Waals surface area contributed by atoms with Gasteiger partial charge in [0.25, 0.3) is 0 Å². The third-order valence-corrected chi connectivity index (χ3v) is 4.90. The number of carbonyl (C=O) groups excluding carboxylic acids is 1. The Kier molecular flexibility index (Phi) is 7.23. The fraction of sp³-hybridized carbons (Fsp3) is 0.833. The molecule has 1 aliphatic heterocycles. The topological polar surface area (TPSA) is 47.6 Å². The molecule has 0 amide bonds. The fourth-order valence-corrected chi connectivity index (χ4v) is 3.69. The van der Waals surface area contributed by atoms with Crippen molar-refractivity contribution < 1.29 is 14.3 Å². The van der Waals surface area contributed by atoms with Crippen LogP contribution in [-0.2, 0) is 14.3 Å². The molecule has 4 nitrogen and oxygen atoms in total. The van der Waals surface area contributed by atoms with Crippen LogP contribution >= 0.6 is 0 Å². The van der Waals surface area contributed by atoms with Gasteiger partial charge in [-0.2, -0.15) is 0 Å². The number of methoxy groups -OCH3 is 1. The minimum atomic E-state index is -0.135. The fourth-order valence-electron chi connectivity index (χ4n) is 3.69. The minimum absolute atomic E-state index is 0.135. The van der Waals surface area contributed by atoms with E-state index in [9.17, 15) is 4.79 Å². The highest BCUT2D eigenvalue weighted by molar-refractivity contribution is 5.89. The van der Waals surface area contributed by atoms with Crippen LogP contribution in [0.4, 0.5) is 0 Å². The number of nitrogens with one attached hydrogen (secondary N) is 1. The first-order valence-electron chi connectivity index (χ1n) is 8.94. The van der Waals surface area contributed by atoms with E-state index in [0.717, 1.165) is 37.1 Å². The summed E-state index contributed by atoms with van der Waals surface area (Å²) in [5.41, 5.74) is 1.97. The van der Waals surface area contributed by atoms with Gasteiger partial charge in [-0.05, 0) is 26.2 Å². The highest BCUT2D eigenvalue weighted by atomic mass is 16.5. The molecule has 0 aromatic heterocycles. The smallest absolute Gasteiger partial charge is 0.335 e. The van der Waals surface area contributed by atoms with Crippen molar-refractivity contribution in [1.29, 1.82) is 0 Å². The van der Waals surface area contributed by atoms with Crippen LogP contribution in [0.1, 0.15) is 64.7 Å². The van der Waals surface area contributed by atoms with Gasteiger partial charge in [-0.3, -0.25) is 0 Å². The van der Waals surface area contributed by atoms with Crippen LogP contribution in [0.25, 0.3) is 0 Å². The van der Waals surface area contributed by atoms with Crippen LogP contribution in [0.15, 0.2) is 11.3 Å². The Balaban J connectivity index is 2.22. The maximum absolute atomic E-state index is 12.4. The summed E-state index contributed by atoms with van der Waals surface area (Å²) < 4.78 is 10.9. The second kappa shape index (κ2) is 9.19. The van der Waals surface area contributed by atoms with Crippen molar-refractivity contribution in [2.24, 2.45) is 5.92 Å². The Hall–Kier alpha value is -1.03. The molecular weight excluding hydrogens is 278 g/mol. The van der Waals surface area contributed by atoms with Gasteiger partial charge in [-0.15, -0.1) is 0 Å². The van der Waals surface area contributed by atoms with E-state index < -0.39 is 0 Å². The van der Waals surface area contributed by atoms with E-state index in [1.54, 1.807) is 7.11 Å². The van der Waals surface area contributed by atoms with Crippen molar-refractivity contribution in [3.05, 3.63) is 11.3 Å². The summed E-state index contributed by atoms with van der Waals surface area (Å²) >= 11 is 0. The summed E-state index contributed by atoms with van der Waals surface area (Å²) in [6.45, 7) is 3.11. The van der Waals surface area contributed by atoms with E-state index in [1.165, 1.54) is 38.5 Å². The van der Waals surface area contributed by atoms with E-state index in [1.807, 2.05) is 6.92 Å². The standard InChI is InChI=1S/C18H31NO3/c1-3-22-18(20)15-12-10-8-6-4-5-7-9-11-14-16(21-2)13-19-17(14)15/h14,16,19H,3-13H2,1-2H3/b17-15-/t14-,16+/m1/s1. The molecule has 0 bridgehead atoms. The first-order chi connectivity index (χ1) is 10.8. The molecule has 1 fully saturated rings. The van der Waals surface area contributed by atoms with Crippen molar-refractivity contribution >= 4 is 5.97 Å². The lowest BCUT2D eigenvalue weighted by molar-refractivity contribution is -0.138. The molecule has 2 atom stereocenters. The average Bonchev–Trinajstić information content (AvgIpc) is 2.90. The average molecular weight is 309 g/mol. The third kappa shape index (κ3) is 4.48. The zero-order chi connectivity index (χ0) is 15.8. The molecule has 0 radical (unpaired) electrons. The summed E-state index contributed by atoms with van der Waals surface area (Å²) in [4.78, 5) is 12.4. The van der Waals surface area contributed by atoms with Gasteiger partial charge >= 0.3 is 5.97 Å². The Morgan fingerprint density at radius 2 is 1.82 bits per heavy atom. The molecule has 2 rings (SSSR count). The van der Waals surface area contributed by atoms with Crippen LogP contribution in [0.2, 0.25) is 0 Å².